The summed E-state index contributed by atoms with van der Waals surface area (Å²) < 4.78 is 0. The van der Waals surface area contributed by atoms with Gasteiger partial charge in [-0.25, -0.2) is 0 Å². The minimum absolute atomic E-state index is 0.568. The van der Waals surface area contributed by atoms with Crippen molar-refractivity contribution in [2.75, 3.05) is 13.1 Å². The topological polar surface area (TPSA) is 3.24 Å². The Morgan fingerprint density at radius 2 is 2.44 bits per heavy atom. The molecule has 2 aliphatic heterocycles. The van der Waals surface area contributed by atoms with Crippen LogP contribution in [-0.4, -0.2) is 24.0 Å². The van der Waals surface area contributed by atoms with Crippen LogP contribution < -0.4 is 0 Å². The van der Waals surface area contributed by atoms with E-state index in [1.165, 1.54) is 19.5 Å². The largest absolute Gasteiger partial charge is 0.296 e. The quantitative estimate of drug-likeness (QED) is 0.434. The highest BCUT2D eigenvalue weighted by molar-refractivity contribution is 5.09. The Morgan fingerprint density at radius 1 is 1.44 bits per heavy atom. The van der Waals surface area contributed by atoms with Gasteiger partial charge >= 0.3 is 0 Å². The van der Waals surface area contributed by atoms with Gasteiger partial charge in [-0.15, -0.1) is 0 Å². The maximum atomic E-state index is 3.40. The van der Waals surface area contributed by atoms with Crippen LogP contribution in [0, 0.1) is 6.42 Å². The Labute approximate surface area is 56.4 Å². The molecule has 0 spiro atoms. The molecule has 1 heteroatoms. The molecule has 1 unspecified atom stereocenters. The molecule has 0 saturated carbocycles. The normalized spacial score (nSPS) is 34.9. The van der Waals surface area contributed by atoms with Crippen molar-refractivity contribution in [1.82, 2.24) is 4.90 Å². The highest BCUT2D eigenvalue weighted by Gasteiger charge is 2.23. The molecule has 1 saturated heterocycles. The summed E-state index contributed by atoms with van der Waals surface area (Å²) in [7, 11) is 0. The average Bonchev–Trinajstić information content (AvgIpc) is 2.33. The van der Waals surface area contributed by atoms with Crippen molar-refractivity contribution in [2.24, 2.45) is 0 Å². The van der Waals surface area contributed by atoms with E-state index in [-0.39, 0.29) is 0 Å². The summed E-state index contributed by atoms with van der Waals surface area (Å²) in [5.41, 5.74) is 0. The van der Waals surface area contributed by atoms with Crippen molar-refractivity contribution in [2.45, 2.75) is 18.9 Å². The third-order valence-electron chi connectivity index (χ3n) is 2.05. The van der Waals surface area contributed by atoms with E-state index in [1.807, 2.05) is 0 Å². The number of nitrogens with zero attached hydrogens (tertiary/aromatic N) is 1. The molecule has 0 amide bonds. The van der Waals surface area contributed by atoms with Gasteiger partial charge in [-0.1, -0.05) is 12.2 Å². The molecule has 0 bridgehead atoms. The zero-order valence-corrected chi connectivity index (χ0v) is 5.51. The molecule has 1 fully saturated rings. The monoisotopic (exact) mass is 121 g/mol. The average molecular weight is 121 g/mol. The van der Waals surface area contributed by atoms with E-state index in [9.17, 15) is 0 Å². The maximum absolute atomic E-state index is 3.40. The lowest BCUT2D eigenvalue weighted by Gasteiger charge is -2.23. The molecule has 0 aromatic carbocycles. The SMILES string of the molecule is [C]1CCN2CCC=CC12. The van der Waals surface area contributed by atoms with E-state index in [1.54, 1.807) is 0 Å². The van der Waals surface area contributed by atoms with Crippen LogP contribution in [0.2, 0.25) is 0 Å². The highest BCUT2D eigenvalue weighted by atomic mass is 15.2. The molecule has 0 aromatic rings. The van der Waals surface area contributed by atoms with Crippen LogP contribution in [0.5, 0.6) is 0 Å². The van der Waals surface area contributed by atoms with E-state index in [4.69, 9.17) is 0 Å². The third kappa shape index (κ3) is 0.897. The predicted octanol–water partition coefficient (Wildman–Crippen LogP) is 1.10. The zero-order valence-electron chi connectivity index (χ0n) is 5.51. The molecule has 2 rings (SSSR count). The van der Waals surface area contributed by atoms with Gasteiger partial charge in [0.1, 0.15) is 0 Å². The fourth-order valence-corrected chi connectivity index (χ4v) is 1.53. The first-order valence-corrected chi connectivity index (χ1v) is 3.61. The van der Waals surface area contributed by atoms with Gasteiger partial charge in [0.2, 0.25) is 0 Å². The minimum Gasteiger partial charge on any atom is -0.296 e. The zero-order chi connectivity index (χ0) is 6.10. The number of hydrogen-bond acceptors (Lipinski definition) is 1. The predicted molar refractivity (Wildman–Crippen MR) is 37.0 cm³/mol. The fourth-order valence-electron chi connectivity index (χ4n) is 1.53. The van der Waals surface area contributed by atoms with Crippen LogP contribution in [0.1, 0.15) is 12.8 Å². The summed E-state index contributed by atoms with van der Waals surface area (Å²) in [5, 5.41) is 0. The second-order valence-corrected chi connectivity index (χ2v) is 2.65. The van der Waals surface area contributed by atoms with E-state index in [0.717, 1.165) is 6.42 Å². The lowest BCUT2D eigenvalue weighted by atomic mass is 10.1. The van der Waals surface area contributed by atoms with Gasteiger partial charge in [0.05, 0.1) is 0 Å². The van der Waals surface area contributed by atoms with Crippen molar-refractivity contribution in [1.29, 1.82) is 0 Å². The van der Waals surface area contributed by atoms with Crippen molar-refractivity contribution < 1.29 is 0 Å². The second kappa shape index (κ2) is 2.14. The molecule has 0 aromatic heterocycles. The summed E-state index contributed by atoms with van der Waals surface area (Å²) in [6.07, 6.45) is 10.3. The molecule has 2 radical (unpaired) electrons. The van der Waals surface area contributed by atoms with Gasteiger partial charge in [-0.3, -0.25) is 4.90 Å². The molecular formula is C8H11N. The van der Waals surface area contributed by atoms with Crippen LogP contribution in [0.4, 0.5) is 0 Å². The van der Waals surface area contributed by atoms with Crippen molar-refractivity contribution >= 4 is 0 Å². The molecule has 2 aliphatic rings. The first kappa shape index (κ1) is 5.48. The van der Waals surface area contributed by atoms with Crippen LogP contribution >= 0.6 is 0 Å². The summed E-state index contributed by atoms with van der Waals surface area (Å²) in [5.74, 6) is 0. The lowest BCUT2D eigenvalue weighted by Crippen LogP contribution is -2.31. The standard InChI is InChI=1S/C8H11N/c1-2-6-9-7-3-5-8(9)4-1/h1,4,8H,2-3,6-7H2. The smallest absolute Gasteiger partial charge is 0.0347 e. The molecule has 9 heavy (non-hydrogen) atoms. The van der Waals surface area contributed by atoms with Crippen LogP contribution in [0.15, 0.2) is 12.2 Å². The molecular weight excluding hydrogens is 110 g/mol. The first-order valence-electron chi connectivity index (χ1n) is 3.61. The Balaban J connectivity index is 2.10. The van der Waals surface area contributed by atoms with Crippen LogP contribution in [-0.2, 0) is 0 Å². The highest BCUT2D eigenvalue weighted by Crippen LogP contribution is 2.20. The molecule has 0 aliphatic carbocycles. The Kier molecular flexibility index (Phi) is 1.31. The fraction of sp³-hybridized carbons (Fsp3) is 0.625. The van der Waals surface area contributed by atoms with Gasteiger partial charge in [0.15, 0.2) is 0 Å². The summed E-state index contributed by atoms with van der Waals surface area (Å²) in [6, 6.07) is 0.568. The van der Waals surface area contributed by atoms with Gasteiger partial charge < -0.3 is 0 Å². The van der Waals surface area contributed by atoms with Gasteiger partial charge in [0, 0.05) is 19.0 Å². The Bertz CT molecular complexity index is 129. The molecule has 1 atom stereocenters. The first-order chi connectivity index (χ1) is 4.47. The Hall–Kier alpha value is -0.300. The molecule has 1 nitrogen and oxygen atoms in total. The number of rotatable bonds is 0. The van der Waals surface area contributed by atoms with Gasteiger partial charge in [0.25, 0.3) is 0 Å². The summed E-state index contributed by atoms with van der Waals surface area (Å²) in [6.45, 7) is 2.48. The van der Waals surface area contributed by atoms with E-state index >= 15 is 0 Å². The van der Waals surface area contributed by atoms with Gasteiger partial charge in [-0.05, 0) is 19.4 Å². The Morgan fingerprint density at radius 3 is 3.33 bits per heavy atom. The third-order valence-corrected chi connectivity index (χ3v) is 2.05. The van der Waals surface area contributed by atoms with E-state index in [0.29, 0.717) is 6.04 Å². The molecule has 2 heterocycles. The maximum Gasteiger partial charge on any atom is 0.0347 e. The second-order valence-electron chi connectivity index (χ2n) is 2.65. The summed E-state index contributed by atoms with van der Waals surface area (Å²) in [4.78, 5) is 2.47. The molecule has 48 valence electrons. The summed E-state index contributed by atoms with van der Waals surface area (Å²) >= 11 is 0. The van der Waals surface area contributed by atoms with E-state index < -0.39 is 0 Å². The van der Waals surface area contributed by atoms with Crippen molar-refractivity contribution in [3.05, 3.63) is 18.6 Å². The van der Waals surface area contributed by atoms with Gasteiger partial charge in [-0.2, -0.15) is 0 Å². The van der Waals surface area contributed by atoms with Crippen LogP contribution in [0.25, 0.3) is 0 Å². The molecule has 0 N–H and O–H groups in total. The number of hydrogen-bond donors (Lipinski definition) is 0. The number of fused-ring (bicyclic) bond motifs is 1. The van der Waals surface area contributed by atoms with Crippen LogP contribution in [0.3, 0.4) is 0 Å². The van der Waals surface area contributed by atoms with Crippen molar-refractivity contribution in [3.63, 3.8) is 0 Å². The van der Waals surface area contributed by atoms with Crippen molar-refractivity contribution in [3.8, 4) is 0 Å². The minimum atomic E-state index is 0.568. The van der Waals surface area contributed by atoms with E-state index in [2.05, 4.69) is 23.5 Å². The lowest BCUT2D eigenvalue weighted by molar-refractivity contribution is 0.295.